The molecule has 0 spiro atoms. The summed E-state index contributed by atoms with van der Waals surface area (Å²) in [6.07, 6.45) is 5.81. The number of hydrogen-bond donors (Lipinski definition) is 0. The van der Waals surface area contributed by atoms with E-state index < -0.39 is 0 Å². The highest BCUT2D eigenvalue weighted by atomic mass is 15.2. The fourth-order valence-corrected chi connectivity index (χ4v) is 2.15. The highest BCUT2D eigenvalue weighted by molar-refractivity contribution is 5.39. The number of nitrogens with zero attached hydrogens (tertiary/aromatic N) is 5. The second-order valence-corrected chi connectivity index (χ2v) is 5.01. The van der Waals surface area contributed by atoms with Gasteiger partial charge in [0.1, 0.15) is 18.5 Å². The lowest BCUT2D eigenvalue weighted by atomic mass is 10.4. The predicted octanol–water partition coefficient (Wildman–Crippen LogP) is 4.53. The topological polar surface area (TPSA) is 54.8 Å². The van der Waals surface area contributed by atoms with Crippen molar-refractivity contribution in [1.82, 2.24) is 19.9 Å². The van der Waals surface area contributed by atoms with Gasteiger partial charge >= 0.3 is 0 Å². The number of rotatable bonds is 1. The maximum Gasteiger partial charge on any atom is 0.132 e. The van der Waals surface area contributed by atoms with Crippen LogP contribution in [-0.4, -0.2) is 33.0 Å². The van der Waals surface area contributed by atoms with Gasteiger partial charge in [0.15, 0.2) is 0 Å². The molecule has 0 amide bonds. The second-order valence-electron chi connectivity index (χ2n) is 5.01. The second kappa shape index (κ2) is 13.4. The molecule has 1 aliphatic rings. The van der Waals surface area contributed by atoms with Crippen LogP contribution >= 0.6 is 0 Å². The molecule has 24 heavy (non-hydrogen) atoms. The van der Waals surface area contributed by atoms with Crippen molar-refractivity contribution >= 4 is 5.82 Å². The van der Waals surface area contributed by atoms with Crippen molar-refractivity contribution < 1.29 is 0 Å². The standard InChI is InChI=1S/C9H13N3.C6H8N2.2C2H6/c1-8-6-9(11-7-10-8)12-4-2-3-5-12;1-5-3-6(2)8-4-7-5;2*1-2/h6-7H,2-5H2,1H3;3-4H,1-2H3;2*1-2H3. The Hall–Kier alpha value is -2.04. The molecule has 2 aromatic rings. The molecule has 0 aliphatic carbocycles. The molecule has 1 aliphatic heterocycles. The van der Waals surface area contributed by atoms with E-state index in [9.17, 15) is 0 Å². The first-order valence-corrected chi connectivity index (χ1v) is 8.94. The average Bonchev–Trinajstić information content (AvgIpc) is 3.14. The quantitative estimate of drug-likeness (QED) is 0.768. The van der Waals surface area contributed by atoms with Gasteiger partial charge in [-0.1, -0.05) is 27.7 Å². The summed E-state index contributed by atoms with van der Waals surface area (Å²) < 4.78 is 0. The van der Waals surface area contributed by atoms with Crippen LogP contribution in [0.4, 0.5) is 5.82 Å². The van der Waals surface area contributed by atoms with Crippen molar-refractivity contribution in [3.8, 4) is 0 Å². The van der Waals surface area contributed by atoms with E-state index in [0.29, 0.717) is 0 Å². The molecule has 3 heterocycles. The van der Waals surface area contributed by atoms with E-state index in [1.165, 1.54) is 12.8 Å². The summed E-state index contributed by atoms with van der Waals surface area (Å²) in [5, 5.41) is 0. The van der Waals surface area contributed by atoms with Crippen LogP contribution in [0.5, 0.6) is 0 Å². The van der Waals surface area contributed by atoms with Crippen molar-refractivity contribution in [2.24, 2.45) is 0 Å². The highest BCUT2D eigenvalue weighted by Crippen LogP contribution is 2.16. The third-order valence-electron chi connectivity index (χ3n) is 3.16. The van der Waals surface area contributed by atoms with E-state index in [2.05, 4.69) is 24.8 Å². The normalized spacial score (nSPS) is 12.0. The molecule has 5 nitrogen and oxygen atoms in total. The van der Waals surface area contributed by atoms with Crippen LogP contribution in [0.3, 0.4) is 0 Å². The monoisotopic (exact) mass is 331 g/mol. The van der Waals surface area contributed by atoms with Crippen LogP contribution in [0, 0.1) is 20.8 Å². The van der Waals surface area contributed by atoms with Crippen LogP contribution in [0.15, 0.2) is 24.8 Å². The highest BCUT2D eigenvalue weighted by Gasteiger charge is 2.12. The van der Waals surface area contributed by atoms with Gasteiger partial charge in [0.25, 0.3) is 0 Å². The Morgan fingerprint density at radius 2 is 1.08 bits per heavy atom. The van der Waals surface area contributed by atoms with Gasteiger partial charge in [-0.3, -0.25) is 0 Å². The molecule has 134 valence electrons. The van der Waals surface area contributed by atoms with Gasteiger partial charge in [0.2, 0.25) is 0 Å². The molecule has 1 fully saturated rings. The Kier molecular flexibility index (Phi) is 12.3. The van der Waals surface area contributed by atoms with E-state index in [0.717, 1.165) is 36.0 Å². The molecule has 3 rings (SSSR count). The Morgan fingerprint density at radius 1 is 0.667 bits per heavy atom. The Labute approximate surface area is 147 Å². The third kappa shape index (κ3) is 8.56. The summed E-state index contributed by atoms with van der Waals surface area (Å²) >= 11 is 0. The van der Waals surface area contributed by atoms with Crippen LogP contribution in [0.1, 0.15) is 57.6 Å². The van der Waals surface area contributed by atoms with Gasteiger partial charge in [-0.05, 0) is 39.7 Å². The largest absolute Gasteiger partial charge is 0.357 e. The Bertz CT molecular complexity index is 534. The van der Waals surface area contributed by atoms with E-state index >= 15 is 0 Å². The van der Waals surface area contributed by atoms with E-state index in [-0.39, 0.29) is 0 Å². The molecule has 5 heteroatoms. The molecular formula is C19H33N5. The zero-order valence-corrected chi connectivity index (χ0v) is 16.4. The van der Waals surface area contributed by atoms with Crippen molar-refractivity contribution in [2.75, 3.05) is 18.0 Å². The lowest BCUT2D eigenvalue weighted by molar-refractivity contribution is 0.920. The number of aryl methyl sites for hydroxylation is 3. The zero-order valence-electron chi connectivity index (χ0n) is 16.4. The molecule has 2 aromatic heterocycles. The van der Waals surface area contributed by atoms with Gasteiger partial charge in [-0.25, -0.2) is 19.9 Å². The first-order valence-electron chi connectivity index (χ1n) is 8.94. The number of hydrogen-bond acceptors (Lipinski definition) is 5. The van der Waals surface area contributed by atoms with Gasteiger partial charge in [0.05, 0.1) is 0 Å². The molecule has 0 atom stereocenters. The first kappa shape index (κ1) is 22.0. The van der Waals surface area contributed by atoms with E-state index in [4.69, 9.17) is 0 Å². The predicted molar refractivity (Wildman–Crippen MR) is 102 cm³/mol. The molecular weight excluding hydrogens is 298 g/mol. The number of anilines is 1. The molecule has 0 bridgehead atoms. The van der Waals surface area contributed by atoms with Crippen LogP contribution in [0.25, 0.3) is 0 Å². The lowest BCUT2D eigenvalue weighted by Crippen LogP contribution is -2.19. The van der Waals surface area contributed by atoms with Gasteiger partial charge in [0, 0.05) is 36.2 Å². The molecule has 1 saturated heterocycles. The van der Waals surface area contributed by atoms with Crippen molar-refractivity contribution in [3.05, 3.63) is 41.9 Å². The first-order chi connectivity index (χ1) is 11.6. The average molecular weight is 332 g/mol. The summed E-state index contributed by atoms with van der Waals surface area (Å²) in [6, 6.07) is 3.99. The van der Waals surface area contributed by atoms with Crippen molar-refractivity contribution in [2.45, 2.75) is 61.3 Å². The smallest absolute Gasteiger partial charge is 0.132 e. The third-order valence-corrected chi connectivity index (χ3v) is 3.16. The van der Waals surface area contributed by atoms with Gasteiger partial charge in [-0.15, -0.1) is 0 Å². The van der Waals surface area contributed by atoms with Crippen LogP contribution in [-0.2, 0) is 0 Å². The zero-order chi connectivity index (χ0) is 18.4. The summed E-state index contributed by atoms with van der Waals surface area (Å²) in [5.41, 5.74) is 3.10. The van der Waals surface area contributed by atoms with Crippen LogP contribution < -0.4 is 4.90 Å². The van der Waals surface area contributed by atoms with Crippen molar-refractivity contribution in [3.63, 3.8) is 0 Å². The molecule has 0 saturated carbocycles. The van der Waals surface area contributed by atoms with Crippen LogP contribution in [0.2, 0.25) is 0 Å². The van der Waals surface area contributed by atoms with E-state index in [1.807, 2.05) is 60.6 Å². The summed E-state index contributed by atoms with van der Waals surface area (Å²) in [4.78, 5) is 18.5. The molecule has 0 N–H and O–H groups in total. The molecule has 0 unspecified atom stereocenters. The fourth-order valence-electron chi connectivity index (χ4n) is 2.15. The van der Waals surface area contributed by atoms with E-state index in [1.54, 1.807) is 12.7 Å². The number of aromatic nitrogens is 4. The fraction of sp³-hybridized carbons (Fsp3) is 0.579. The van der Waals surface area contributed by atoms with Gasteiger partial charge in [-0.2, -0.15) is 0 Å². The molecule has 0 radical (unpaired) electrons. The Morgan fingerprint density at radius 3 is 1.46 bits per heavy atom. The summed E-state index contributed by atoms with van der Waals surface area (Å²) in [6.45, 7) is 16.2. The van der Waals surface area contributed by atoms with Crippen molar-refractivity contribution in [1.29, 1.82) is 0 Å². The SMILES string of the molecule is CC.CC.Cc1cc(C)ncn1.Cc1cc(N2CCCC2)ncn1. The lowest BCUT2D eigenvalue weighted by Gasteiger charge is -2.15. The minimum absolute atomic E-state index is 1.03. The Balaban J connectivity index is 0.000000385. The maximum atomic E-state index is 4.24. The minimum Gasteiger partial charge on any atom is -0.357 e. The summed E-state index contributed by atoms with van der Waals surface area (Å²) in [7, 11) is 0. The molecule has 0 aromatic carbocycles. The maximum absolute atomic E-state index is 4.24. The summed E-state index contributed by atoms with van der Waals surface area (Å²) in [5.74, 6) is 1.08. The van der Waals surface area contributed by atoms with Gasteiger partial charge < -0.3 is 4.90 Å². The minimum atomic E-state index is 1.03.